The molecule has 0 aromatic heterocycles. The van der Waals surface area contributed by atoms with Crippen LogP contribution < -0.4 is 0 Å². The van der Waals surface area contributed by atoms with Crippen molar-refractivity contribution in [3.63, 3.8) is 0 Å². The number of ether oxygens (including phenoxy) is 1. The van der Waals surface area contributed by atoms with E-state index in [1.165, 1.54) is 12.8 Å². The standard InChI is InChI=1S/C11H21NO2/c1-9(2)14-8-11(13)5-6-12(7-11)10-3-4-10/h9-10,13H,3-8H2,1-2H3. The van der Waals surface area contributed by atoms with E-state index in [2.05, 4.69) is 4.90 Å². The van der Waals surface area contributed by atoms with E-state index in [4.69, 9.17) is 4.74 Å². The van der Waals surface area contributed by atoms with Gasteiger partial charge in [0, 0.05) is 19.1 Å². The van der Waals surface area contributed by atoms with Crippen molar-refractivity contribution in [2.75, 3.05) is 19.7 Å². The van der Waals surface area contributed by atoms with Gasteiger partial charge in [-0.1, -0.05) is 0 Å². The van der Waals surface area contributed by atoms with Crippen molar-refractivity contribution >= 4 is 0 Å². The number of aliphatic hydroxyl groups is 1. The Labute approximate surface area is 86.0 Å². The summed E-state index contributed by atoms with van der Waals surface area (Å²) in [6, 6.07) is 0.767. The molecular formula is C11H21NO2. The Morgan fingerprint density at radius 3 is 2.79 bits per heavy atom. The van der Waals surface area contributed by atoms with Crippen LogP contribution in [0.5, 0.6) is 0 Å². The quantitative estimate of drug-likeness (QED) is 0.733. The fourth-order valence-corrected chi connectivity index (χ4v) is 2.08. The van der Waals surface area contributed by atoms with Gasteiger partial charge in [0.05, 0.1) is 12.7 Å². The predicted molar refractivity (Wildman–Crippen MR) is 55.2 cm³/mol. The maximum absolute atomic E-state index is 10.2. The highest BCUT2D eigenvalue weighted by atomic mass is 16.5. The van der Waals surface area contributed by atoms with Crippen LogP contribution in [0, 0.1) is 0 Å². The van der Waals surface area contributed by atoms with Crippen molar-refractivity contribution in [1.82, 2.24) is 4.90 Å². The highest BCUT2D eigenvalue weighted by molar-refractivity contribution is 4.96. The number of nitrogens with zero attached hydrogens (tertiary/aromatic N) is 1. The largest absolute Gasteiger partial charge is 0.386 e. The smallest absolute Gasteiger partial charge is 0.102 e. The van der Waals surface area contributed by atoms with Crippen LogP contribution in [0.25, 0.3) is 0 Å². The maximum atomic E-state index is 10.2. The summed E-state index contributed by atoms with van der Waals surface area (Å²) in [6.45, 7) is 6.37. The van der Waals surface area contributed by atoms with Crippen LogP contribution in [-0.2, 0) is 4.74 Å². The molecule has 1 unspecified atom stereocenters. The number of β-amino-alcohol motifs (C(OH)–C–C–N with tert-alkyl or cyclic N) is 1. The molecule has 1 N–H and O–H groups in total. The van der Waals surface area contributed by atoms with Gasteiger partial charge < -0.3 is 9.84 Å². The molecule has 3 heteroatoms. The van der Waals surface area contributed by atoms with Crippen molar-refractivity contribution in [3.8, 4) is 0 Å². The third-order valence-electron chi connectivity index (χ3n) is 3.11. The Kier molecular flexibility index (Phi) is 2.82. The van der Waals surface area contributed by atoms with Gasteiger partial charge in [-0.25, -0.2) is 0 Å². The van der Waals surface area contributed by atoms with E-state index < -0.39 is 5.60 Å². The van der Waals surface area contributed by atoms with Crippen LogP contribution in [0.3, 0.4) is 0 Å². The number of hydrogen-bond donors (Lipinski definition) is 1. The first-order valence-electron chi connectivity index (χ1n) is 5.67. The molecule has 2 aliphatic rings. The minimum atomic E-state index is -0.577. The molecule has 0 spiro atoms. The second kappa shape index (κ2) is 3.80. The Morgan fingerprint density at radius 2 is 2.21 bits per heavy atom. The summed E-state index contributed by atoms with van der Waals surface area (Å²) >= 11 is 0. The molecule has 1 heterocycles. The van der Waals surface area contributed by atoms with E-state index in [-0.39, 0.29) is 6.10 Å². The molecule has 0 radical (unpaired) electrons. The van der Waals surface area contributed by atoms with Crippen LogP contribution in [0.2, 0.25) is 0 Å². The van der Waals surface area contributed by atoms with Gasteiger partial charge in [-0.2, -0.15) is 0 Å². The van der Waals surface area contributed by atoms with Gasteiger partial charge in [-0.05, 0) is 33.1 Å². The Bertz CT molecular complexity index is 203. The first-order valence-corrected chi connectivity index (χ1v) is 5.67. The lowest BCUT2D eigenvalue weighted by atomic mass is 10.1. The van der Waals surface area contributed by atoms with Crippen LogP contribution in [-0.4, -0.2) is 47.4 Å². The van der Waals surface area contributed by atoms with Gasteiger partial charge in [0.1, 0.15) is 5.60 Å². The summed E-state index contributed by atoms with van der Waals surface area (Å²) in [5.74, 6) is 0. The minimum Gasteiger partial charge on any atom is -0.386 e. The van der Waals surface area contributed by atoms with Crippen LogP contribution >= 0.6 is 0 Å². The van der Waals surface area contributed by atoms with Gasteiger partial charge in [0.15, 0.2) is 0 Å². The zero-order valence-electron chi connectivity index (χ0n) is 9.20. The number of rotatable bonds is 4. The molecular weight excluding hydrogens is 178 g/mol. The zero-order chi connectivity index (χ0) is 10.2. The predicted octanol–water partition coefficient (Wildman–Crippen LogP) is 1.01. The van der Waals surface area contributed by atoms with Crippen LogP contribution in [0.1, 0.15) is 33.1 Å². The lowest BCUT2D eigenvalue weighted by Crippen LogP contribution is -2.39. The fraction of sp³-hybridized carbons (Fsp3) is 1.00. The zero-order valence-corrected chi connectivity index (χ0v) is 9.20. The van der Waals surface area contributed by atoms with E-state index in [1.54, 1.807) is 0 Å². The van der Waals surface area contributed by atoms with E-state index in [1.807, 2.05) is 13.8 Å². The molecule has 82 valence electrons. The highest BCUT2D eigenvalue weighted by Crippen LogP contribution is 2.33. The molecule has 0 amide bonds. The summed E-state index contributed by atoms with van der Waals surface area (Å²) in [5.41, 5.74) is -0.577. The average Bonchev–Trinajstić information content (AvgIpc) is 2.89. The number of hydrogen-bond acceptors (Lipinski definition) is 3. The molecule has 3 nitrogen and oxygen atoms in total. The molecule has 2 rings (SSSR count). The first-order chi connectivity index (χ1) is 6.59. The lowest BCUT2D eigenvalue weighted by Gasteiger charge is -2.24. The summed E-state index contributed by atoms with van der Waals surface area (Å²) in [6.07, 6.45) is 3.73. The van der Waals surface area contributed by atoms with Crippen molar-refractivity contribution in [3.05, 3.63) is 0 Å². The number of likely N-dealkylation sites (tertiary alicyclic amines) is 1. The van der Waals surface area contributed by atoms with Crippen LogP contribution in [0.4, 0.5) is 0 Å². The van der Waals surface area contributed by atoms with Gasteiger partial charge >= 0.3 is 0 Å². The molecule has 2 fully saturated rings. The summed E-state index contributed by atoms with van der Waals surface area (Å²) in [5, 5.41) is 10.2. The minimum absolute atomic E-state index is 0.217. The third kappa shape index (κ3) is 2.47. The molecule has 0 aromatic rings. The normalized spacial score (nSPS) is 34.3. The highest BCUT2D eigenvalue weighted by Gasteiger charge is 2.42. The van der Waals surface area contributed by atoms with Gasteiger partial charge in [0.2, 0.25) is 0 Å². The summed E-state index contributed by atoms with van der Waals surface area (Å²) < 4.78 is 5.50. The second-order valence-corrected chi connectivity index (χ2v) is 5.04. The summed E-state index contributed by atoms with van der Waals surface area (Å²) in [7, 11) is 0. The van der Waals surface area contributed by atoms with Gasteiger partial charge in [-0.15, -0.1) is 0 Å². The summed E-state index contributed by atoms with van der Waals surface area (Å²) in [4.78, 5) is 2.41. The van der Waals surface area contributed by atoms with Gasteiger partial charge in [-0.3, -0.25) is 4.90 Å². The first kappa shape index (κ1) is 10.4. The average molecular weight is 199 g/mol. The van der Waals surface area contributed by atoms with E-state index in [0.29, 0.717) is 6.61 Å². The molecule has 14 heavy (non-hydrogen) atoms. The molecule has 1 atom stereocenters. The third-order valence-corrected chi connectivity index (χ3v) is 3.11. The van der Waals surface area contributed by atoms with Gasteiger partial charge in [0.25, 0.3) is 0 Å². The second-order valence-electron chi connectivity index (χ2n) is 5.04. The topological polar surface area (TPSA) is 32.7 Å². The Morgan fingerprint density at radius 1 is 1.50 bits per heavy atom. The molecule has 1 aliphatic heterocycles. The molecule has 1 saturated heterocycles. The fourth-order valence-electron chi connectivity index (χ4n) is 2.08. The van der Waals surface area contributed by atoms with Crippen molar-refractivity contribution < 1.29 is 9.84 Å². The molecule has 1 saturated carbocycles. The lowest BCUT2D eigenvalue weighted by molar-refractivity contribution is -0.0577. The molecule has 0 bridgehead atoms. The monoisotopic (exact) mass is 199 g/mol. The van der Waals surface area contributed by atoms with E-state index in [9.17, 15) is 5.11 Å². The van der Waals surface area contributed by atoms with Crippen molar-refractivity contribution in [2.45, 2.75) is 50.9 Å². The van der Waals surface area contributed by atoms with Crippen molar-refractivity contribution in [1.29, 1.82) is 0 Å². The van der Waals surface area contributed by atoms with E-state index >= 15 is 0 Å². The Balaban J connectivity index is 1.78. The SMILES string of the molecule is CC(C)OCC1(O)CCN(C2CC2)C1. The van der Waals surface area contributed by atoms with Crippen molar-refractivity contribution in [2.24, 2.45) is 0 Å². The molecule has 0 aromatic carbocycles. The molecule has 1 aliphatic carbocycles. The Hall–Kier alpha value is -0.120. The van der Waals surface area contributed by atoms with E-state index in [0.717, 1.165) is 25.6 Å². The maximum Gasteiger partial charge on any atom is 0.102 e. The van der Waals surface area contributed by atoms with Crippen LogP contribution in [0.15, 0.2) is 0 Å².